The van der Waals surface area contributed by atoms with Crippen molar-refractivity contribution < 1.29 is 54.7 Å². The van der Waals surface area contributed by atoms with Crippen LogP contribution >= 0.6 is 27.9 Å². The van der Waals surface area contributed by atoms with Crippen LogP contribution in [-0.2, 0) is 22.7 Å². The number of halogens is 1. The molecule has 27 heavy (non-hydrogen) atoms. The average Bonchev–Trinajstić information content (AvgIpc) is 2.73. The van der Waals surface area contributed by atoms with Crippen LogP contribution in [0.1, 0.15) is 14.5 Å². The summed E-state index contributed by atoms with van der Waals surface area (Å²) in [6.45, 7) is -2.68. The Balaban J connectivity index is 2.42. The Morgan fingerprint density at radius 3 is 2.63 bits per heavy atom. The average molecular weight is 454 g/mol. The predicted molar refractivity (Wildman–Crippen MR) is 85.5 cm³/mol. The lowest BCUT2D eigenvalue weighted by Crippen LogP contribution is -2.43. The third-order valence-electron chi connectivity index (χ3n) is 3.22. The topological polar surface area (TPSA) is 201 Å². The number of aliphatic hydroxyl groups is 2. The zero-order valence-corrected chi connectivity index (χ0v) is 15.7. The lowest BCUT2D eigenvalue weighted by molar-refractivity contribution is -0.205. The van der Waals surface area contributed by atoms with Gasteiger partial charge in [0.25, 0.3) is 5.85 Å². The number of nitrogens with zero attached hydrogens (tertiary/aromatic N) is 1. The summed E-state index contributed by atoms with van der Waals surface area (Å²) in [5, 5.41) is 20.0. The van der Waals surface area contributed by atoms with Crippen LogP contribution in [0.5, 0.6) is 0 Å². The molecule has 1 aromatic heterocycles. The van der Waals surface area contributed by atoms with Crippen LogP contribution in [0, 0.1) is 11.6 Å². The first-order chi connectivity index (χ1) is 12.9. The van der Waals surface area contributed by atoms with Crippen molar-refractivity contribution in [3.8, 4) is 0 Å². The van der Waals surface area contributed by atoms with E-state index >= 15 is 4.39 Å². The summed E-state index contributed by atoms with van der Waals surface area (Å²) in [7, 11) is -11.6. The SMILES string of the molecule is [2H]C([2H])(OP(=O)(O)OP(=O)(O)O)[C@@]1(F)O[C@@H](n2cc(C)c(=S)[nH]c2=O)[C@H](O)[C@@H]1O. The highest BCUT2D eigenvalue weighted by atomic mass is 32.1. The minimum Gasteiger partial charge on any atom is -0.385 e. The van der Waals surface area contributed by atoms with Gasteiger partial charge in [-0.15, -0.1) is 0 Å². The first-order valence-electron chi connectivity index (χ1n) is 7.75. The Morgan fingerprint density at radius 2 is 2.07 bits per heavy atom. The molecule has 0 saturated carbocycles. The molecular weight excluding hydrogens is 437 g/mol. The molecule has 0 bridgehead atoms. The number of nitrogens with one attached hydrogen (secondary N) is 1. The molecular formula is C10H15FN2O11P2S. The summed E-state index contributed by atoms with van der Waals surface area (Å²) >= 11 is 4.82. The van der Waals surface area contributed by atoms with Gasteiger partial charge in [-0.2, -0.15) is 4.31 Å². The zero-order valence-electron chi connectivity index (χ0n) is 15.1. The van der Waals surface area contributed by atoms with Gasteiger partial charge in [-0.25, -0.2) is 18.3 Å². The highest BCUT2D eigenvalue weighted by Gasteiger charge is 2.57. The quantitative estimate of drug-likeness (QED) is 0.235. The molecule has 0 radical (unpaired) electrons. The number of H-pyrrole nitrogens is 1. The number of hydrogen-bond donors (Lipinski definition) is 6. The van der Waals surface area contributed by atoms with E-state index in [1.807, 2.05) is 0 Å². The van der Waals surface area contributed by atoms with Gasteiger partial charge in [-0.1, -0.05) is 12.2 Å². The molecule has 1 fully saturated rings. The Labute approximate surface area is 157 Å². The van der Waals surface area contributed by atoms with Gasteiger partial charge in [0.1, 0.15) is 23.4 Å². The highest BCUT2D eigenvalue weighted by molar-refractivity contribution is 7.71. The maximum atomic E-state index is 15.2. The molecule has 0 amide bonds. The first-order valence-corrected chi connectivity index (χ1v) is 10.2. The van der Waals surface area contributed by atoms with Gasteiger partial charge in [-0.3, -0.25) is 14.1 Å². The fourth-order valence-corrected chi connectivity index (χ4v) is 3.63. The molecule has 1 aliphatic heterocycles. The largest absolute Gasteiger partial charge is 0.481 e. The normalized spacial score (nSPS) is 32.6. The third-order valence-corrected chi connectivity index (χ3v) is 5.64. The molecule has 1 aromatic rings. The van der Waals surface area contributed by atoms with E-state index in [1.165, 1.54) is 6.92 Å². The highest BCUT2D eigenvalue weighted by Crippen LogP contribution is 2.58. The van der Waals surface area contributed by atoms with Gasteiger partial charge in [0.15, 0.2) is 6.23 Å². The molecule has 13 nitrogen and oxygen atoms in total. The summed E-state index contributed by atoms with van der Waals surface area (Å²) in [6, 6.07) is 0. The maximum Gasteiger partial charge on any atom is 0.481 e. The molecule has 5 atom stereocenters. The van der Waals surface area contributed by atoms with Crippen molar-refractivity contribution in [1.29, 1.82) is 0 Å². The van der Waals surface area contributed by atoms with E-state index in [2.05, 4.69) is 18.6 Å². The van der Waals surface area contributed by atoms with E-state index < -0.39 is 52.2 Å². The predicted octanol–water partition coefficient (Wildman–Crippen LogP) is -0.643. The number of phosphoric acid groups is 2. The molecule has 154 valence electrons. The smallest absolute Gasteiger partial charge is 0.385 e. The molecule has 1 saturated heterocycles. The summed E-state index contributed by atoms with van der Waals surface area (Å²) in [5.41, 5.74) is -0.768. The number of ether oxygens (including phenoxy) is 1. The van der Waals surface area contributed by atoms with E-state index in [9.17, 15) is 29.0 Å². The molecule has 17 heteroatoms. The van der Waals surface area contributed by atoms with Gasteiger partial charge in [0, 0.05) is 11.8 Å². The molecule has 6 N–H and O–H groups in total. The second-order valence-electron chi connectivity index (χ2n) is 5.30. The molecule has 2 heterocycles. The molecule has 1 unspecified atom stereocenters. The number of aromatic amines is 1. The van der Waals surface area contributed by atoms with Crippen molar-refractivity contribution in [1.82, 2.24) is 9.55 Å². The number of alkyl halides is 1. The number of rotatable bonds is 6. The standard InChI is InChI=1S/C10H15FN2O11P2S/c1-4-2-13(9(16)12-7(4)27)8-5(14)6(15)10(11,23-8)3-22-26(20,21)24-25(17,18)19/h2,5-6,8,14-15H,3H2,1H3,(H,20,21)(H,12,16,27)(H2,17,18,19)/t5-,6+,8-,10-/m1/s1/i3D2. The van der Waals surface area contributed by atoms with Crippen molar-refractivity contribution in [3.63, 3.8) is 0 Å². The van der Waals surface area contributed by atoms with Crippen molar-refractivity contribution >= 4 is 27.9 Å². The van der Waals surface area contributed by atoms with Crippen LogP contribution in [0.2, 0.25) is 0 Å². The monoisotopic (exact) mass is 454 g/mol. The molecule has 0 aromatic carbocycles. The Bertz CT molecular complexity index is 1010. The summed E-state index contributed by atoms with van der Waals surface area (Å²) in [4.78, 5) is 40.5. The first kappa shape index (κ1) is 19.5. The third kappa shape index (κ3) is 5.16. The minimum atomic E-state index is -5.93. The summed E-state index contributed by atoms with van der Waals surface area (Å²) in [6.07, 6.45) is -6.11. The second kappa shape index (κ2) is 7.54. The Morgan fingerprint density at radius 1 is 1.48 bits per heavy atom. The van der Waals surface area contributed by atoms with E-state index in [1.54, 1.807) is 0 Å². The number of phosphoric ester groups is 1. The number of aliphatic hydroxyl groups excluding tert-OH is 2. The van der Waals surface area contributed by atoms with Crippen molar-refractivity contribution in [2.24, 2.45) is 0 Å². The second-order valence-corrected chi connectivity index (χ2v) is 8.46. The lowest BCUT2D eigenvalue weighted by atomic mass is 10.1. The Hall–Kier alpha value is -0.830. The van der Waals surface area contributed by atoms with Gasteiger partial charge >= 0.3 is 21.3 Å². The molecule has 1 aliphatic rings. The van der Waals surface area contributed by atoms with Crippen LogP contribution in [0.25, 0.3) is 0 Å². The van der Waals surface area contributed by atoms with Gasteiger partial charge in [0.2, 0.25) is 0 Å². The van der Waals surface area contributed by atoms with E-state index in [4.69, 9.17) is 24.7 Å². The van der Waals surface area contributed by atoms with Crippen LogP contribution in [0.15, 0.2) is 11.0 Å². The fourth-order valence-electron chi connectivity index (χ4n) is 2.04. The lowest BCUT2D eigenvalue weighted by Gasteiger charge is -2.23. The molecule has 2 rings (SSSR count). The summed E-state index contributed by atoms with van der Waals surface area (Å²) < 4.78 is 64.7. The van der Waals surface area contributed by atoms with E-state index in [0.29, 0.717) is 4.57 Å². The number of hydrogen-bond acceptors (Lipinski definition) is 9. The van der Waals surface area contributed by atoms with Crippen LogP contribution in [-0.4, -0.2) is 59.1 Å². The van der Waals surface area contributed by atoms with Gasteiger partial charge in [-0.05, 0) is 6.92 Å². The van der Waals surface area contributed by atoms with Crippen molar-refractivity contribution in [2.75, 3.05) is 6.56 Å². The van der Waals surface area contributed by atoms with Crippen molar-refractivity contribution in [2.45, 2.75) is 31.2 Å². The Kier molecular flexibility index (Phi) is 5.44. The van der Waals surface area contributed by atoms with Gasteiger partial charge in [0.05, 0.1) is 2.74 Å². The molecule has 0 spiro atoms. The van der Waals surface area contributed by atoms with Crippen LogP contribution in [0.3, 0.4) is 0 Å². The fraction of sp³-hybridized carbons (Fsp3) is 0.600. The maximum absolute atomic E-state index is 15.2. The van der Waals surface area contributed by atoms with E-state index in [-0.39, 0.29) is 10.2 Å². The van der Waals surface area contributed by atoms with Crippen LogP contribution in [0.4, 0.5) is 4.39 Å². The van der Waals surface area contributed by atoms with E-state index in [0.717, 1.165) is 6.20 Å². The number of aromatic nitrogens is 2. The van der Waals surface area contributed by atoms with Crippen LogP contribution < -0.4 is 5.69 Å². The van der Waals surface area contributed by atoms with Crippen molar-refractivity contribution in [3.05, 3.63) is 26.9 Å². The zero-order chi connectivity index (χ0) is 22.6. The number of aryl methyl sites for hydroxylation is 1. The minimum absolute atomic E-state index is 0.000245. The summed E-state index contributed by atoms with van der Waals surface area (Å²) in [5.74, 6) is -4.09. The van der Waals surface area contributed by atoms with Gasteiger partial charge < -0.3 is 29.6 Å². The molecule has 0 aliphatic carbocycles.